The minimum Gasteiger partial charge on any atom is -0.366 e. The molecule has 0 aliphatic rings. The lowest BCUT2D eigenvalue weighted by molar-refractivity contribution is -0.122. The van der Waals surface area contributed by atoms with E-state index in [1.807, 2.05) is 31.2 Å². The molecule has 0 spiro atoms. The molecular weight excluding hydrogens is 332 g/mol. The molecule has 0 radical (unpaired) electrons. The molecule has 0 bridgehead atoms. The summed E-state index contributed by atoms with van der Waals surface area (Å²) < 4.78 is 0. The average molecular weight is 350 g/mol. The largest absolute Gasteiger partial charge is 0.366 e. The Morgan fingerprint density at radius 1 is 1.12 bits per heavy atom. The fourth-order valence-corrected chi connectivity index (χ4v) is 2.40. The highest BCUT2D eigenvalue weighted by Gasteiger charge is 2.10. The van der Waals surface area contributed by atoms with Gasteiger partial charge in [0, 0.05) is 17.7 Å². The molecule has 26 heavy (non-hydrogen) atoms. The number of nitrogens with zero attached hydrogens (tertiary/aromatic N) is 4. The van der Waals surface area contributed by atoms with Crippen molar-refractivity contribution in [2.75, 3.05) is 0 Å². The number of nitrogens with one attached hydrogen (secondary N) is 1. The molecule has 8 heteroatoms. The Morgan fingerprint density at radius 2 is 1.85 bits per heavy atom. The van der Waals surface area contributed by atoms with Crippen molar-refractivity contribution < 1.29 is 9.59 Å². The molecule has 0 atom stereocenters. The van der Waals surface area contributed by atoms with Crippen LogP contribution in [0.15, 0.2) is 48.5 Å². The second kappa shape index (κ2) is 7.56. The van der Waals surface area contributed by atoms with E-state index in [0.29, 0.717) is 23.5 Å². The fraction of sp³-hybridized carbons (Fsp3) is 0.167. The van der Waals surface area contributed by atoms with Crippen LogP contribution in [0.3, 0.4) is 0 Å². The van der Waals surface area contributed by atoms with Gasteiger partial charge in [-0.1, -0.05) is 36.4 Å². The van der Waals surface area contributed by atoms with Gasteiger partial charge in [-0.05, 0) is 35.4 Å². The van der Waals surface area contributed by atoms with Crippen molar-refractivity contribution in [3.05, 3.63) is 65.2 Å². The summed E-state index contributed by atoms with van der Waals surface area (Å²) in [6.07, 6.45) is 0. The number of aryl methyl sites for hydroxylation is 1. The van der Waals surface area contributed by atoms with Gasteiger partial charge in [-0.3, -0.25) is 9.59 Å². The van der Waals surface area contributed by atoms with Crippen molar-refractivity contribution in [3.63, 3.8) is 0 Å². The lowest BCUT2D eigenvalue weighted by Gasteiger charge is -2.07. The molecule has 0 aliphatic heterocycles. The van der Waals surface area contributed by atoms with Gasteiger partial charge in [-0.25, -0.2) is 0 Å². The highest BCUT2D eigenvalue weighted by molar-refractivity contribution is 5.93. The van der Waals surface area contributed by atoms with Crippen LogP contribution in [0.4, 0.5) is 0 Å². The molecule has 1 heterocycles. The van der Waals surface area contributed by atoms with Crippen LogP contribution in [-0.4, -0.2) is 32.0 Å². The van der Waals surface area contributed by atoms with Gasteiger partial charge < -0.3 is 11.1 Å². The molecule has 0 aliphatic carbocycles. The van der Waals surface area contributed by atoms with E-state index in [4.69, 9.17) is 5.73 Å². The smallest absolute Gasteiger partial charge is 0.248 e. The van der Waals surface area contributed by atoms with Crippen LogP contribution in [0, 0.1) is 6.92 Å². The SMILES string of the molecule is Cc1ccccc1CNC(=O)Cn1nnc(-c2ccc(C(N)=O)cc2)n1. The Labute approximate surface area is 150 Å². The van der Waals surface area contributed by atoms with Crippen molar-refractivity contribution in [2.45, 2.75) is 20.0 Å². The summed E-state index contributed by atoms with van der Waals surface area (Å²) in [7, 11) is 0. The van der Waals surface area contributed by atoms with E-state index >= 15 is 0 Å². The van der Waals surface area contributed by atoms with E-state index < -0.39 is 5.91 Å². The minimum absolute atomic E-state index is 0.0295. The van der Waals surface area contributed by atoms with Crippen LogP contribution in [0.2, 0.25) is 0 Å². The van der Waals surface area contributed by atoms with Crippen LogP contribution in [-0.2, 0) is 17.9 Å². The molecule has 0 saturated heterocycles. The normalized spacial score (nSPS) is 10.5. The van der Waals surface area contributed by atoms with E-state index in [2.05, 4.69) is 20.7 Å². The number of amides is 2. The second-order valence-corrected chi connectivity index (χ2v) is 5.79. The lowest BCUT2D eigenvalue weighted by Crippen LogP contribution is -2.28. The van der Waals surface area contributed by atoms with E-state index in [9.17, 15) is 9.59 Å². The summed E-state index contributed by atoms with van der Waals surface area (Å²) in [5, 5.41) is 14.8. The number of hydrogen-bond donors (Lipinski definition) is 2. The fourth-order valence-electron chi connectivity index (χ4n) is 2.40. The van der Waals surface area contributed by atoms with Crippen molar-refractivity contribution in [2.24, 2.45) is 5.73 Å². The third kappa shape index (κ3) is 4.10. The van der Waals surface area contributed by atoms with Gasteiger partial charge in [0.1, 0.15) is 6.54 Å². The summed E-state index contributed by atoms with van der Waals surface area (Å²) in [5.41, 5.74) is 8.47. The molecule has 2 aromatic carbocycles. The maximum Gasteiger partial charge on any atom is 0.248 e. The summed E-state index contributed by atoms with van der Waals surface area (Å²) in [5.74, 6) is -0.340. The Morgan fingerprint density at radius 3 is 2.54 bits per heavy atom. The van der Waals surface area contributed by atoms with Gasteiger partial charge in [0.15, 0.2) is 0 Å². The van der Waals surface area contributed by atoms with Crippen molar-refractivity contribution in [1.82, 2.24) is 25.5 Å². The number of aromatic nitrogens is 4. The third-order valence-corrected chi connectivity index (χ3v) is 3.90. The molecule has 1 aromatic heterocycles. The van der Waals surface area contributed by atoms with Crippen LogP contribution >= 0.6 is 0 Å². The Hall–Kier alpha value is -3.55. The molecule has 8 nitrogen and oxygen atoms in total. The van der Waals surface area contributed by atoms with Crippen molar-refractivity contribution >= 4 is 11.8 Å². The first-order valence-electron chi connectivity index (χ1n) is 8.02. The monoisotopic (exact) mass is 350 g/mol. The first-order valence-corrected chi connectivity index (χ1v) is 8.02. The first kappa shape index (κ1) is 17.3. The maximum atomic E-state index is 12.1. The maximum absolute atomic E-state index is 12.1. The average Bonchev–Trinajstić information content (AvgIpc) is 3.09. The number of nitrogens with two attached hydrogens (primary N) is 1. The summed E-state index contributed by atoms with van der Waals surface area (Å²) in [6.45, 7) is 2.41. The highest BCUT2D eigenvalue weighted by atomic mass is 16.2. The van der Waals surface area contributed by atoms with Crippen molar-refractivity contribution in [1.29, 1.82) is 0 Å². The number of carbonyl (C=O) groups excluding carboxylic acids is 2. The van der Waals surface area contributed by atoms with E-state index in [-0.39, 0.29) is 12.5 Å². The van der Waals surface area contributed by atoms with E-state index in [1.165, 1.54) is 4.80 Å². The molecule has 2 amide bonds. The molecule has 3 aromatic rings. The van der Waals surface area contributed by atoms with Crippen LogP contribution in [0.25, 0.3) is 11.4 Å². The molecule has 0 unspecified atom stereocenters. The summed E-state index contributed by atoms with van der Waals surface area (Å²) in [4.78, 5) is 24.4. The van der Waals surface area contributed by atoms with E-state index in [0.717, 1.165) is 11.1 Å². The van der Waals surface area contributed by atoms with Gasteiger partial charge in [0.2, 0.25) is 17.6 Å². The zero-order chi connectivity index (χ0) is 18.5. The highest BCUT2D eigenvalue weighted by Crippen LogP contribution is 2.14. The third-order valence-electron chi connectivity index (χ3n) is 3.90. The van der Waals surface area contributed by atoms with Gasteiger partial charge in [0.05, 0.1) is 0 Å². The second-order valence-electron chi connectivity index (χ2n) is 5.79. The number of benzene rings is 2. The van der Waals surface area contributed by atoms with Crippen molar-refractivity contribution in [3.8, 4) is 11.4 Å². The molecular formula is C18H18N6O2. The van der Waals surface area contributed by atoms with Gasteiger partial charge in [-0.15, -0.1) is 10.2 Å². The molecule has 0 fully saturated rings. The molecule has 3 rings (SSSR count). The lowest BCUT2D eigenvalue weighted by atomic mass is 10.1. The Bertz CT molecular complexity index is 933. The number of carbonyl (C=O) groups is 2. The van der Waals surface area contributed by atoms with Gasteiger partial charge in [0.25, 0.3) is 0 Å². The molecule has 132 valence electrons. The van der Waals surface area contributed by atoms with Gasteiger partial charge >= 0.3 is 0 Å². The number of tetrazole rings is 1. The predicted molar refractivity (Wildman–Crippen MR) is 94.8 cm³/mol. The number of hydrogen-bond acceptors (Lipinski definition) is 5. The number of rotatable bonds is 6. The molecule has 0 saturated carbocycles. The molecule has 3 N–H and O–H groups in total. The predicted octanol–water partition coefficient (Wildman–Crippen LogP) is 1.06. The standard InChI is InChI=1S/C18H18N6O2/c1-12-4-2-3-5-15(12)10-20-16(25)11-24-22-18(21-23-24)14-8-6-13(7-9-14)17(19)26/h2-9H,10-11H2,1H3,(H2,19,26)(H,20,25). The Balaban J connectivity index is 1.60. The minimum atomic E-state index is -0.501. The quantitative estimate of drug-likeness (QED) is 0.690. The summed E-state index contributed by atoms with van der Waals surface area (Å²) in [6, 6.07) is 14.4. The number of primary amides is 1. The van der Waals surface area contributed by atoms with Gasteiger partial charge in [-0.2, -0.15) is 4.80 Å². The van der Waals surface area contributed by atoms with Crippen LogP contribution in [0.5, 0.6) is 0 Å². The first-order chi connectivity index (χ1) is 12.5. The van der Waals surface area contributed by atoms with Crippen LogP contribution in [0.1, 0.15) is 21.5 Å². The topological polar surface area (TPSA) is 116 Å². The zero-order valence-electron chi connectivity index (χ0n) is 14.2. The zero-order valence-corrected chi connectivity index (χ0v) is 14.2. The summed E-state index contributed by atoms with van der Waals surface area (Å²) >= 11 is 0. The van der Waals surface area contributed by atoms with Crippen LogP contribution < -0.4 is 11.1 Å². The van der Waals surface area contributed by atoms with E-state index in [1.54, 1.807) is 24.3 Å². The Kier molecular flexibility index (Phi) is 5.02.